The summed E-state index contributed by atoms with van der Waals surface area (Å²) in [5, 5.41) is 2.90. The minimum Gasteiger partial charge on any atom is -0.345 e. The van der Waals surface area contributed by atoms with Crippen LogP contribution in [0.3, 0.4) is 0 Å². The van der Waals surface area contributed by atoms with Gasteiger partial charge in [-0.25, -0.2) is 4.98 Å². The fourth-order valence-corrected chi connectivity index (χ4v) is 3.72. The molecule has 1 saturated heterocycles. The molecule has 7 nitrogen and oxygen atoms in total. The summed E-state index contributed by atoms with van der Waals surface area (Å²) in [7, 11) is 0. The molecule has 0 aromatic carbocycles. The van der Waals surface area contributed by atoms with E-state index in [0.717, 1.165) is 63.0 Å². The quantitative estimate of drug-likeness (QED) is 0.909. The fraction of sp³-hybridized carbons (Fsp3) is 0.474. The zero-order valence-electron chi connectivity index (χ0n) is 14.8. The minimum atomic E-state index is -0.238. The van der Waals surface area contributed by atoms with E-state index in [-0.39, 0.29) is 11.8 Å². The molecule has 0 bridgehead atoms. The van der Waals surface area contributed by atoms with Crippen molar-refractivity contribution >= 4 is 11.8 Å². The molecule has 1 fully saturated rings. The predicted molar refractivity (Wildman–Crippen MR) is 95.7 cm³/mol. The van der Waals surface area contributed by atoms with Gasteiger partial charge >= 0.3 is 0 Å². The van der Waals surface area contributed by atoms with E-state index in [2.05, 4.69) is 15.3 Å². The number of fused-ring (bicyclic) bond motifs is 1. The Kier molecular flexibility index (Phi) is 4.69. The van der Waals surface area contributed by atoms with Gasteiger partial charge in [-0.3, -0.25) is 14.6 Å². The number of hydrogen-bond donors (Lipinski definition) is 1. The van der Waals surface area contributed by atoms with Crippen LogP contribution in [0.2, 0.25) is 0 Å². The van der Waals surface area contributed by atoms with Gasteiger partial charge < -0.3 is 14.8 Å². The Labute approximate surface area is 152 Å². The number of imidazole rings is 1. The monoisotopic (exact) mass is 353 g/mol. The molecule has 0 saturated carbocycles. The minimum absolute atomic E-state index is 0.0283. The molecule has 2 aromatic heterocycles. The molecule has 2 aliphatic rings. The van der Waals surface area contributed by atoms with E-state index in [1.807, 2.05) is 21.6 Å². The van der Waals surface area contributed by atoms with Crippen LogP contribution in [0.4, 0.5) is 0 Å². The SMILES string of the molecule is O=C(NCc1cccnc1)c1nc(C(=O)N2CCCC2)c2n1CCCC2. The van der Waals surface area contributed by atoms with Crippen molar-refractivity contribution in [2.24, 2.45) is 0 Å². The van der Waals surface area contributed by atoms with Gasteiger partial charge in [0.1, 0.15) is 5.69 Å². The van der Waals surface area contributed by atoms with E-state index in [1.165, 1.54) is 0 Å². The van der Waals surface area contributed by atoms with Gasteiger partial charge in [-0.05, 0) is 43.7 Å². The molecule has 0 radical (unpaired) electrons. The largest absolute Gasteiger partial charge is 0.345 e. The molecular formula is C19H23N5O2. The fourth-order valence-electron chi connectivity index (χ4n) is 3.72. The molecule has 136 valence electrons. The van der Waals surface area contributed by atoms with E-state index in [0.29, 0.717) is 18.1 Å². The highest BCUT2D eigenvalue weighted by Gasteiger charge is 2.30. The number of pyridine rings is 1. The van der Waals surface area contributed by atoms with E-state index in [4.69, 9.17) is 0 Å². The first-order valence-electron chi connectivity index (χ1n) is 9.30. The van der Waals surface area contributed by atoms with Gasteiger partial charge in [0, 0.05) is 38.6 Å². The number of amides is 2. The van der Waals surface area contributed by atoms with Gasteiger partial charge in [0.2, 0.25) is 0 Å². The Bertz CT molecular complexity index is 809. The van der Waals surface area contributed by atoms with E-state index in [1.54, 1.807) is 12.4 Å². The lowest BCUT2D eigenvalue weighted by atomic mass is 10.1. The van der Waals surface area contributed by atoms with Crippen LogP contribution in [0.15, 0.2) is 24.5 Å². The molecule has 2 amide bonds. The van der Waals surface area contributed by atoms with Crippen LogP contribution in [-0.2, 0) is 19.5 Å². The standard InChI is InChI=1S/C19H23N5O2/c25-18(21-13-14-6-5-8-20-12-14)17-22-16(15-7-1-2-11-24(15)17)19(26)23-9-3-4-10-23/h5-6,8,12H,1-4,7,9-11,13H2,(H,21,25). The molecule has 0 aliphatic carbocycles. The smallest absolute Gasteiger partial charge is 0.287 e. The first-order valence-corrected chi connectivity index (χ1v) is 9.30. The Balaban J connectivity index is 1.57. The molecule has 0 unspecified atom stereocenters. The van der Waals surface area contributed by atoms with Crippen LogP contribution < -0.4 is 5.32 Å². The maximum absolute atomic E-state index is 12.8. The summed E-state index contributed by atoms with van der Waals surface area (Å²) in [5.74, 6) is 0.0862. The van der Waals surface area contributed by atoms with Crippen LogP contribution in [0.25, 0.3) is 0 Å². The van der Waals surface area contributed by atoms with Crippen LogP contribution >= 0.6 is 0 Å². The molecule has 7 heteroatoms. The van der Waals surface area contributed by atoms with Crippen molar-refractivity contribution in [3.05, 3.63) is 47.3 Å². The number of aromatic nitrogens is 3. The Hall–Kier alpha value is -2.70. The zero-order valence-corrected chi connectivity index (χ0v) is 14.8. The summed E-state index contributed by atoms with van der Waals surface area (Å²) in [6, 6.07) is 3.75. The highest BCUT2D eigenvalue weighted by molar-refractivity contribution is 5.97. The zero-order chi connectivity index (χ0) is 17.9. The molecule has 1 N–H and O–H groups in total. The number of nitrogens with zero attached hydrogens (tertiary/aromatic N) is 4. The number of carbonyl (C=O) groups is 2. The second-order valence-electron chi connectivity index (χ2n) is 6.88. The number of rotatable bonds is 4. The lowest BCUT2D eigenvalue weighted by Crippen LogP contribution is -2.29. The average molecular weight is 353 g/mol. The molecule has 2 aromatic rings. The van der Waals surface area contributed by atoms with Crippen molar-refractivity contribution in [3.8, 4) is 0 Å². The Morgan fingerprint density at radius 1 is 1.12 bits per heavy atom. The third-order valence-corrected chi connectivity index (χ3v) is 5.09. The van der Waals surface area contributed by atoms with Crippen LogP contribution in [0, 0.1) is 0 Å². The Morgan fingerprint density at radius 2 is 1.92 bits per heavy atom. The normalized spacial score (nSPS) is 16.4. The molecule has 0 spiro atoms. The van der Waals surface area contributed by atoms with Gasteiger partial charge in [0.15, 0.2) is 5.82 Å². The second-order valence-corrected chi connectivity index (χ2v) is 6.88. The number of nitrogens with one attached hydrogen (secondary N) is 1. The molecule has 0 atom stereocenters. The summed E-state index contributed by atoms with van der Waals surface area (Å²) >= 11 is 0. The van der Waals surface area contributed by atoms with Crippen LogP contribution in [0.5, 0.6) is 0 Å². The summed E-state index contributed by atoms with van der Waals surface area (Å²) in [6.45, 7) is 2.71. The molecular weight excluding hydrogens is 330 g/mol. The maximum atomic E-state index is 12.8. The summed E-state index contributed by atoms with van der Waals surface area (Å²) < 4.78 is 1.94. The van der Waals surface area contributed by atoms with Crippen molar-refractivity contribution < 1.29 is 9.59 Å². The summed E-state index contributed by atoms with van der Waals surface area (Å²) in [5.41, 5.74) is 2.32. The van der Waals surface area contributed by atoms with E-state index < -0.39 is 0 Å². The lowest BCUT2D eigenvalue weighted by Gasteiger charge is -2.18. The van der Waals surface area contributed by atoms with Crippen molar-refractivity contribution in [2.75, 3.05) is 13.1 Å². The predicted octanol–water partition coefficient (Wildman–Crippen LogP) is 1.78. The van der Waals surface area contributed by atoms with Crippen LogP contribution in [0.1, 0.15) is 58.0 Å². The van der Waals surface area contributed by atoms with Crippen molar-refractivity contribution in [1.82, 2.24) is 24.8 Å². The Morgan fingerprint density at radius 3 is 2.69 bits per heavy atom. The van der Waals surface area contributed by atoms with Gasteiger partial charge in [-0.1, -0.05) is 6.07 Å². The van der Waals surface area contributed by atoms with Crippen molar-refractivity contribution in [2.45, 2.75) is 45.2 Å². The van der Waals surface area contributed by atoms with Gasteiger partial charge in [0.05, 0.1) is 5.69 Å². The average Bonchev–Trinajstić information content (AvgIpc) is 3.35. The van der Waals surface area contributed by atoms with Crippen molar-refractivity contribution in [1.29, 1.82) is 0 Å². The van der Waals surface area contributed by atoms with Gasteiger partial charge in [-0.2, -0.15) is 0 Å². The number of hydrogen-bond acceptors (Lipinski definition) is 4. The second kappa shape index (κ2) is 7.27. The molecule has 2 aliphatic heterocycles. The third kappa shape index (κ3) is 3.21. The molecule has 26 heavy (non-hydrogen) atoms. The first kappa shape index (κ1) is 16.8. The number of carbonyl (C=O) groups excluding carboxylic acids is 2. The van der Waals surface area contributed by atoms with Gasteiger partial charge in [-0.15, -0.1) is 0 Å². The molecule has 4 rings (SSSR count). The highest BCUT2D eigenvalue weighted by Crippen LogP contribution is 2.23. The third-order valence-electron chi connectivity index (χ3n) is 5.09. The van der Waals surface area contributed by atoms with Crippen LogP contribution in [-0.4, -0.2) is 44.3 Å². The maximum Gasteiger partial charge on any atom is 0.287 e. The van der Waals surface area contributed by atoms with E-state index >= 15 is 0 Å². The molecule has 4 heterocycles. The van der Waals surface area contributed by atoms with E-state index in [9.17, 15) is 9.59 Å². The lowest BCUT2D eigenvalue weighted by molar-refractivity contribution is 0.0786. The van der Waals surface area contributed by atoms with Crippen molar-refractivity contribution in [3.63, 3.8) is 0 Å². The topological polar surface area (TPSA) is 80.1 Å². The highest BCUT2D eigenvalue weighted by atomic mass is 16.2. The summed E-state index contributed by atoms with van der Waals surface area (Å²) in [4.78, 5) is 36.0. The summed E-state index contributed by atoms with van der Waals surface area (Å²) in [6.07, 6.45) is 8.35. The number of likely N-dealkylation sites (tertiary alicyclic amines) is 1. The van der Waals surface area contributed by atoms with Gasteiger partial charge in [0.25, 0.3) is 11.8 Å². The first-order chi connectivity index (χ1) is 12.7.